The number of thiazole rings is 1. The summed E-state index contributed by atoms with van der Waals surface area (Å²) >= 11 is 8.53. The maximum atomic E-state index is 13.7. The van der Waals surface area contributed by atoms with Crippen molar-refractivity contribution < 1.29 is 38.8 Å². The number of fused-ring (bicyclic) bond motifs is 2. The van der Waals surface area contributed by atoms with Crippen LogP contribution in [0.4, 0.5) is 5.13 Å². The Labute approximate surface area is 341 Å². The Bertz CT molecular complexity index is 2350. The van der Waals surface area contributed by atoms with E-state index < -0.39 is 40.5 Å². The van der Waals surface area contributed by atoms with Gasteiger partial charge in [-0.1, -0.05) is 71.6 Å². The second kappa shape index (κ2) is 16.3. The molecule has 2 atom stereocenters. The first-order valence-electron chi connectivity index (χ1n) is 18.5. The molecule has 1 saturated carbocycles. The molecule has 1 amide bonds. The summed E-state index contributed by atoms with van der Waals surface area (Å²) in [4.78, 5) is 67.0. The molecule has 1 aliphatic carbocycles. The van der Waals surface area contributed by atoms with Crippen molar-refractivity contribution >= 4 is 86.0 Å². The molecule has 4 aromatic rings. The molecule has 3 aliphatic rings. The van der Waals surface area contributed by atoms with Crippen LogP contribution in [-0.2, 0) is 37.1 Å². The van der Waals surface area contributed by atoms with E-state index in [4.69, 9.17) is 32.9 Å². The largest absolute Gasteiger partial charge is 0.478 e. The lowest BCUT2D eigenvalue weighted by molar-refractivity contribution is -0.663. The molecule has 6 N–H and O–H groups in total. The van der Waals surface area contributed by atoms with E-state index >= 15 is 0 Å². The lowest BCUT2D eigenvalue weighted by Gasteiger charge is -2.49. The average molecular weight is 834 g/mol. The number of ketones is 1. The van der Waals surface area contributed by atoms with E-state index in [1.165, 1.54) is 49.8 Å². The van der Waals surface area contributed by atoms with Crippen LogP contribution in [0.1, 0.15) is 69.2 Å². The highest BCUT2D eigenvalue weighted by Crippen LogP contribution is 2.45. The molecule has 0 spiro atoms. The van der Waals surface area contributed by atoms with Gasteiger partial charge in [0.2, 0.25) is 17.0 Å². The van der Waals surface area contributed by atoms with Crippen LogP contribution in [0.2, 0.25) is 4.34 Å². The number of rotatable bonds is 14. The molecule has 298 valence electrons. The van der Waals surface area contributed by atoms with Crippen molar-refractivity contribution in [1.82, 2.24) is 14.5 Å². The molecule has 0 unspecified atom stereocenters. The van der Waals surface area contributed by atoms with Gasteiger partial charge >= 0.3 is 11.9 Å². The fourth-order valence-electron chi connectivity index (χ4n) is 7.28. The number of hydrogen-bond donors (Lipinski definition) is 4. The number of nitrogens with zero attached hydrogens (tertiary/aromatic N) is 6. The number of Topliss-reactive ketones (excluding diaryl/α,β-unsaturated/α-hetero) is 1. The van der Waals surface area contributed by atoms with Gasteiger partial charge in [-0.2, -0.15) is 4.57 Å². The first-order chi connectivity index (χ1) is 27.2. The zero-order chi connectivity index (χ0) is 40.6. The number of β-lactam (4-membered cyclic amide) rings is 1. The van der Waals surface area contributed by atoms with Crippen molar-refractivity contribution in [1.29, 1.82) is 0 Å². The van der Waals surface area contributed by atoms with Gasteiger partial charge in [-0.3, -0.25) is 19.5 Å². The predicted octanol–water partition coefficient (Wildman–Crippen LogP) is 4.82. The second-order valence-electron chi connectivity index (χ2n) is 14.8. The monoisotopic (exact) mass is 833 g/mol. The fraction of sp³-hybridized carbons (Fsp3) is 0.385. The number of halogens is 1. The van der Waals surface area contributed by atoms with Crippen molar-refractivity contribution in [2.75, 3.05) is 11.5 Å². The minimum Gasteiger partial charge on any atom is -0.478 e. The van der Waals surface area contributed by atoms with Crippen LogP contribution in [0.3, 0.4) is 0 Å². The second-order valence-corrected chi connectivity index (χ2v) is 17.5. The highest BCUT2D eigenvalue weighted by molar-refractivity contribution is 8.00. The Kier molecular flexibility index (Phi) is 11.4. The van der Waals surface area contributed by atoms with Crippen LogP contribution in [0.5, 0.6) is 0 Å². The third-order valence-electron chi connectivity index (χ3n) is 10.4. The van der Waals surface area contributed by atoms with E-state index in [1.54, 1.807) is 0 Å². The molecular weight excluding hydrogens is 792 g/mol. The lowest BCUT2D eigenvalue weighted by Crippen LogP contribution is -2.62. The van der Waals surface area contributed by atoms with Crippen molar-refractivity contribution in [2.24, 2.45) is 21.8 Å². The number of amides is 1. The number of aliphatic carboxylic acids is 2. The number of nitrogen functional groups attached to an aromatic ring is 1. The number of carbonyl (C=O) groups is 4. The van der Waals surface area contributed by atoms with Crippen LogP contribution >= 0.6 is 34.7 Å². The number of anilines is 1. The highest BCUT2D eigenvalue weighted by atomic mass is 35.5. The number of carboxylic acid groups (broad SMARTS) is 2. The highest BCUT2D eigenvalue weighted by Gasteiger charge is 2.54. The number of hydrogen-bond acceptors (Lipinski definition) is 11. The summed E-state index contributed by atoms with van der Waals surface area (Å²) in [5.74, 6) is -3.81. The molecule has 15 nitrogen and oxygen atoms in total. The number of benzene rings is 1. The Morgan fingerprint density at radius 1 is 1.11 bits per heavy atom. The van der Waals surface area contributed by atoms with Gasteiger partial charge in [0.1, 0.15) is 27.1 Å². The average Bonchev–Trinajstić information content (AvgIpc) is 3.75. The van der Waals surface area contributed by atoms with E-state index in [-0.39, 0.29) is 39.5 Å². The van der Waals surface area contributed by atoms with Gasteiger partial charge in [0, 0.05) is 48.2 Å². The molecule has 0 radical (unpaired) electrons. The molecule has 3 aromatic heterocycles. The number of carboxylic acids is 2. The third kappa shape index (κ3) is 8.27. The van der Waals surface area contributed by atoms with Crippen LogP contribution < -0.4 is 16.0 Å². The summed E-state index contributed by atoms with van der Waals surface area (Å²) in [6.45, 7) is 3.33. The van der Waals surface area contributed by atoms with Crippen molar-refractivity contribution in [3.05, 3.63) is 87.3 Å². The van der Waals surface area contributed by atoms with Crippen molar-refractivity contribution in [3.63, 3.8) is 0 Å². The summed E-state index contributed by atoms with van der Waals surface area (Å²) in [6, 6.07) is 14.3. The lowest BCUT2D eigenvalue weighted by atomic mass is 9.89. The Morgan fingerprint density at radius 2 is 1.84 bits per heavy atom. The molecule has 2 fully saturated rings. The van der Waals surface area contributed by atoms with E-state index in [0.717, 1.165) is 46.3 Å². The van der Waals surface area contributed by atoms with Gasteiger partial charge < -0.3 is 31.1 Å². The number of pyridine rings is 1. The normalized spacial score (nSPS) is 19.4. The van der Waals surface area contributed by atoms with Crippen LogP contribution in [0.25, 0.3) is 11.0 Å². The SMILES string of the molecule is CC(C)(O/N=C(\C(=O)C[C@@H]1C(=O)N2C(C(=O)O)=C(C[n+]3cccc4c3ccn4Cc3ccc(C(N)=NC4CCCCC4)cc3)CS[C@H]12)c1nc(N)sc1Cl)C(=O)O. The van der Waals surface area contributed by atoms with Gasteiger partial charge in [-0.25, -0.2) is 14.6 Å². The van der Waals surface area contributed by atoms with Gasteiger partial charge in [0.15, 0.2) is 29.4 Å². The Morgan fingerprint density at radius 3 is 2.51 bits per heavy atom. The molecule has 1 saturated heterocycles. The van der Waals surface area contributed by atoms with Crippen LogP contribution in [0.15, 0.2) is 76.3 Å². The van der Waals surface area contributed by atoms with E-state index in [1.807, 2.05) is 47.3 Å². The predicted molar refractivity (Wildman–Crippen MR) is 217 cm³/mol. The number of amidine groups is 1. The number of thioether (sulfide) groups is 1. The molecule has 5 heterocycles. The van der Waals surface area contributed by atoms with Crippen molar-refractivity contribution in [3.8, 4) is 0 Å². The summed E-state index contributed by atoms with van der Waals surface area (Å²) in [5.41, 5.74) is 14.1. The fourth-order valence-corrected chi connectivity index (χ4v) is 9.61. The maximum absolute atomic E-state index is 13.7. The summed E-state index contributed by atoms with van der Waals surface area (Å²) < 4.78 is 4.12. The molecule has 0 bridgehead atoms. The molecule has 2 aliphatic heterocycles. The molecule has 18 heteroatoms. The third-order valence-corrected chi connectivity index (χ3v) is 12.9. The molecular formula is C39H42ClN8O7S2+. The van der Waals surface area contributed by atoms with E-state index in [9.17, 15) is 29.4 Å². The summed E-state index contributed by atoms with van der Waals surface area (Å²) in [5, 5.41) is 23.1. The topological polar surface area (TPSA) is 220 Å². The van der Waals surface area contributed by atoms with Gasteiger partial charge in [0.25, 0.3) is 0 Å². The first-order valence-corrected chi connectivity index (χ1v) is 20.7. The van der Waals surface area contributed by atoms with Gasteiger partial charge in [-0.05, 0) is 38.3 Å². The Hall–Kier alpha value is -5.26. The van der Waals surface area contributed by atoms with Crippen molar-refractivity contribution in [2.45, 2.75) is 82.5 Å². The van der Waals surface area contributed by atoms with Crippen LogP contribution in [0, 0.1) is 5.92 Å². The quantitative estimate of drug-likeness (QED) is 0.0444. The number of carbonyl (C=O) groups excluding carboxylic acids is 2. The maximum Gasteiger partial charge on any atom is 0.352 e. The zero-order valence-corrected chi connectivity index (χ0v) is 33.6. The number of aromatic nitrogens is 3. The van der Waals surface area contributed by atoms with E-state index in [0.29, 0.717) is 29.7 Å². The van der Waals surface area contributed by atoms with Gasteiger partial charge in [0.05, 0.1) is 17.3 Å². The summed E-state index contributed by atoms with van der Waals surface area (Å²) in [7, 11) is 0. The minimum absolute atomic E-state index is 0.0310. The molecule has 57 heavy (non-hydrogen) atoms. The molecule has 7 rings (SSSR count). The number of aliphatic imine (C=N–C) groups is 1. The van der Waals surface area contributed by atoms with Gasteiger partial charge in [-0.15, -0.1) is 11.8 Å². The van der Waals surface area contributed by atoms with Crippen LogP contribution in [-0.4, -0.2) is 82.6 Å². The number of oxime groups is 1. The zero-order valence-electron chi connectivity index (χ0n) is 31.3. The molecule has 1 aromatic carbocycles. The van der Waals surface area contributed by atoms with E-state index in [2.05, 4.69) is 26.8 Å². The summed E-state index contributed by atoms with van der Waals surface area (Å²) in [6.07, 6.45) is 9.32. The smallest absolute Gasteiger partial charge is 0.352 e. The standard InChI is InChI=1S/C39H41ClN8O7S2/c1-39(2,37(53)54)55-45-29(30-32(40)57-38(42)44-30)28(49)17-25-34(50)48-31(36(51)52)23(20-56-35(25)48)19-46-15-6-9-26-27(46)14-16-47(26)18-21-10-12-22(13-11-21)33(41)43-24-7-4-3-5-8-24/h6,9-16,24-25,35H,3-5,7-8,17-20H2,1-2H3,(H5-,41,42,43,44,51,52,53,54)/p+1/b45-29+/t25-,35-/m1/s1. The Balaban J connectivity index is 1.07. The first kappa shape index (κ1) is 40.0. The minimum atomic E-state index is -1.80. The number of nitrogens with two attached hydrogens (primary N) is 2.